The molecule has 7 nitrogen and oxygen atoms in total. The van der Waals surface area contributed by atoms with E-state index in [1.54, 1.807) is 0 Å². The van der Waals surface area contributed by atoms with Crippen molar-refractivity contribution in [2.45, 2.75) is 37.9 Å². The van der Waals surface area contributed by atoms with Gasteiger partial charge in [0.05, 0.1) is 11.9 Å². The molecule has 3 N–H and O–H groups in total. The van der Waals surface area contributed by atoms with E-state index in [1.165, 1.54) is 24.0 Å². The second-order valence-corrected chi connectivity index (χ2v) is 10.5. The molecule has 4 aromatic rings. The lowest BCUT2D eigenvalue weighted by molar-refractivity contribution is 0.137. The van der Waals surface area contributed by atoms with E-state index in [0.717, 1.165) is 59.0 Å². The first-order valence-electron chi connectivity index (χ1n) is 12.7. The number of aromatic amines is 1. The molecule has 0 amide bonds. The van der Waals surface area contributed by atoms with Gasteiger partial charge in [-0.05, 0) is 49.4 Å². The first-order valence-corrected chi connectivity index (χ1v) is 13.1. The lowest BCUT2D eigenvalue weighted by Gasteiger charge is -2.41. The van der Waals surface area contributed by atoms with Crippen LogP contribution in [0.4, 0.5) is 5.69 Å². The zero-order valence-corrected chi connectivity index (χ0v) is 20.9. The molecule has 1 saturated heterocycles. The highest BCUT2D eigenvalue weighted by Crippen LogP contribution is 2.47. The second-order valence-electron chi connectivity index (χ2n) is 10.1. The second kappa shape index (κ2) is 8.69. The lowest BCUT2D eigenvalue weighted by atomic mass is 9.97. The monoisotopic (exact) mass is 497 g/mol. The van der Waals surface area contributed by atoms with Gasteiger partial charge in [-0.2, -0.15) is 0 Å². The number of nitrogens with one attached hydrogen (secondary N) is 3. The van der Waals surface area contributed by atoms with Crippen LogP contribution in [0.15, 0.2) is 60.0 Å². The predicted octanol–water partition coefficient (Wildman–Crippen LogP) is 5.13. The zero-order chi connectivity index (χ0) is 24.2. The van der Waals surface area contributed by atoms with Gasteiger partial charge in [-0.25, -0.2) is 9.98 Å². The fourth-order valence-electron chi connectivity index (χ4n) is 5.60. The Kier molecular flexibility index (Phi) is 5.31. The molecule has 0 radical (unpaired) electrons. The normalized spacial score (nSPS) is 22.2. The van der Waals surface area contributed by atoms with Gasteiger partial charge in [-0.3, -0.25) is 9.88 Å². The van der Waals surface area contributed by atoms with Gasteiger partial charge in [-0.15, -0.1) is 0 Å². The van der Waals surface area contributed by atoms with Crippen LogP contribution in [0.2, 0.25) is 5.02 Å². The van der Waals surface area contributed by atoms with E-state index in [2.05, 4.69) is 49.7 Å². The fraction of sp³-hybridized carbons (Fsp3) is 0.321. The summed E-state index contributed by atoms with van der Waals surface area (Å²) in [5.74, 6) is 1.45. The van der Waals surface area contributed by atoms with Crippen LogP contribution in [0, 0.1) is 0 Å². The van der Waals surface area contributed by atoms with Crippen molar-refractivity contribution in [3.05, 3.63) is 76.7 Å². The Bertz CT molecular complexity index is 1490. The Balaban J connectivity index is 1.36. The summed E-state index contributed by atoms with van der Waals surface area (Å²) in [6.45, 7) is 5.18. The molecule has 5 heterocycles. The smallest absolute Gasteiger partial charge is 0.138 e. The molecule has 7 rings (SSSR count). The third-order valence-electron chi connectivity index (χ3n) is 7.51. The largest absolute Gasteiger partial charge is 0.350 e. The maximum Gasteiger partial charge on any atom is 0.138 e. The minimum absolute atomic E-state index is 0.0563. The summed E-state index contributed by atoms with van der Waals surface area (Å²) in [7, 11) is 0. The van der Waals surface area contributed by atoms with Gasteiger partial charge >= 0.3 is 0 Å². The molecule has 2 aliphatic heterocycles. The van der Waals surface area contributed by atoms with Crippen LogP contribution in [0.25, 0.3) is 22.3 Å². The summed E-state index contributed by atoms with van der Waals surface area (Å²) in [5, 5.41) is 9.15. The minimum Gasteiger partial charge on any atom is -0.350 e. The summed E-state index contributed by atoms with van der Waals surface area (Å²) in [6.07, 6.45) is 8.35. The van der Waals surface area contributed by atoms with Crippen molar-refractivity contribution in [3.8, 4) is 11.3 Å². The number of pyridine rings is 2. The Hall–Kier alpha value is -3.26. The Morgan fingerprint density at radius 1 is 1.08 bits per heavy atom. The third kappa shape index (κ3) is 3.79. The number of H-pyrrole nitrogens is 1. The molecular weight excluding hydrogens is 470 g/mol. The average molecular weight is 498 g/mol. The average Bonchev–Trinajstić information content (AvgIpc) is 3.65. The zero-order valence-electron chi connectivity index (χ0n) is 20.1. The van der Waals surface area contributed by atoms with Gasteiger partial charge < -0.3 is 15.6 Å². The van der Waals surface area contributed by atoms with Crippen molar-refractivity contribution in [1.82, 2.24) is 30.5 Å². The molecule has 3 aromatic heterocycles. The number of rotatable bonds is 4. The van der Waals surface area contributed by atoms with E-state index in [9.17, 15) is 0 Å². The van der Waals surface area contributed by atoms with Crippen LogP contribution in [-0.2, 0) is 0 Å². The Morgan fingerprint density at radius 3 is 2.81 bits per heavy atom. The number of hydrogen-bond acceptors (Lipinski definition) is 6. The molecule has 1 aliphatic carbocycles. The minimum atomic E-state index is 0.0563. The number of halogens is 1. The quantitative estimate of drug-likeness (QED) is 0.364. The number of hydrogen-bond donors (Lipinski definition) is 3. The molecule has 2 fully saturated rings. The van der Waals surface area contributed by atoms with Gasteiger partial charge in [0.25, 0.3) is 0 Å². The van der Waals surface area contributed by atoms with Crippen LogP contribution in [-0.4, -0.2) is 51.4 Å². The summed E-state index contributed by atoms with van der Waals surface area (Å²) >= 11 is 6.50. The Labute approximate surface area is 215 Å². The highest BCUT2D eigenvalue weighted by molar-refractivity contribution is 6.33. The first kappa shape index (κ1) is 22.0. The van der Waals surface area contributed by atoms with E-state index in [1.807, 2.05) is 42.7 Å². The SMILES string of the molecule is CC1CN(C2NC(c3ccnc4[nH]c(-c5ccccc5Cl)cc34)=Nc3cncc(C4CC4)c32)CCN1. The molecule has 1 aromatic carbocycles. The summed E-state index contributed by atoms with van der Waals surface area (Å²) in [5.41, 5.74) is 7.34. The molecule has 182 valence electrons. The molecular formula is C28H28ClN7. The number of amidine groups is 1. The summed E-state index contributed by atoms with van der Waals surface area (Å²) < 4.78 is 0. The van der Waals surface area contributed by atoms with Gasteiger partial charge in [0, 0.05) is 70.9 Å². The van der Waals surface area contributed by atoms with Crippen LogP contribution >= 0.6 is 11.6 Å². The van der Waals surface area contributed by atoms with E-state index >= 15 is 0 Å². The third-order valence-corrected chi connectivity index (χ3v) is 7.84. The molecule has 0 bridgehead atoms. The molecule has 2 unspecified atom stereocenters. The number of benzene rings is 1. The van der Waals surface area contributed by atoms with Crippen LogP contribution < -0.4 is 10.6 Å². The van der Waals surface area contributed by atoms with Crippen molar-refractivity contribution in [2.75, 3.05) is 19.6 Å². The number of aromatic nitrogens is 3. The maximum absolute atomic E-state index is 6.50. The maximum atomic E-state index is 6.50. The van der Waals surface area contributed by atoms with Crippen LogP contribution in [0.3, 0.4) is 0 Å². The molecule has 8 heteroatoms. The van der Waals surface area contributed by atoms with Gasteiger partial charge in [-0.1, -0.05) is 29.8 Å². The van der Waals surface area contributed by atoms with Gasteiger partial charge in [0.1, 0.15) is 17.6 Å². The molecule has 36 heavy (non-hydrogen) atoms. The lowest BCUT2D eigenvalue weighted by Crippen LogP contribution is -2.54. The summed E-state index contributed by atoms with van der Waals surface area (Å²) in [4.78, 5) is 20.3. The number of piperazine rings is 1. The number of fused-ring (bicyclic) bond motifs is 2. The molecule has 3 aliphatic rings. The van der Waals surface area contributed by atoms with Gasteiger partial charge in [0.2, 0.25) is 0 Å². The van der Waals surface area contributed by atoms with Crippen molar-refractivity contribution < 1.29 is 0 Å². The first-order chi connectivity index (χ1) is 17.7. The van der Waals surface area contributed by atoms with Crippen molar-refractivity contribution in [3.63, 3.8) is 0 Å². The van der Waals surface area contributed by atoms with Crippen molar-refractivity contribution in [1.29, 1.82) is 0 Å². The topological polar surface area (TPSA) is 81.2 Å². The predicted molar refractivity (Wildman–Crippen MR) is 144 cm³/mol. The van der Waals surface area contributed by atoms with E-state index < -0.39 is 0 Å². The van der Waals surface area contributed by atoms with E-state index in [0.29, 0.717) is 17.0 Å². The molecule has 1 saturated carbocycles. The van der Waals surface area contributed by atoms with Crippen LogP contribution in [0.5, 0.6) is 0 Å². The number of aliphatic imine (C=N–C) groups is 1. The Morgan fingerprint density at radius 2 is 1.97 bits per heavy atom. The fourth-order valence-corrected chi connectivity index (χ4v) is 5.84. The summed E-state index contributed by atoms with van der Waals surface area (Å²) in [6, 6.07) is 12.5. The van der Waals surface area contributed by atoms with Gasteiger partial charge in [0.15, 0.2) is 0 Å². The van der Waals surface area contributed by atoms with E-state index in [4.69, 9.17) is 16.6 Å². The van der Waals surface area contributed by atoms with Crippen LogP contribution in [0.1, 0.15) is 48.5 Å². The highest BCUT2D eigenvalue weighted by atomic mass is 35.5. The molecule has 0 spiro atoms. The highest BCUT2D eigenvalue weighted by Gasteiger charge is 2.37. The van der Waals surface area contributed by atoms with Crippen molar-refractivity contribution >= 4 is 34.2 Å². The standard InChI is InChI=1S/C28H28ClN7/c1-16-15-36(11-10-31-16)28-25-21(17-6-7-17)13-30-14-24(25)34-27(35-28)18-8-9-32-26-20(18)12-23(33-26)19-4-2-3-5-22(19)29/h2-5,8-9,12-14,16-17,28,31H,6-7,10-11,15H2,1H3,(H,32,33)(H,34,35). The van der Waals surface area contributed by atoms with Crippen molar-refractivity contribution in [2.24, 2.45) is 4.99 Å². The van der Waals surface area contributed by atoms with E-state index in [-0.39, 0.29) is 6.17 Å². The molecule has 2 atom stereocenters. The number of nitrogens with zero attached hydrogens (tertiary/aromatic N) is 4.